The smallest absolute Gasteiger partial charge is 0.0542 e. The molecule has 10 heavy (non-hydrogen) atoms. The van der Waals surface area contributed by atoms with Crippen LogP contribution in [0.1, 0.15) is 0 Å². The van der Waals surface area contributed by atoms with E-state index in [1.807, 2.05) is 0 Å². The molecule has 0 saturated carbocycles. The Morgan fingerprint density at radius 3 is 2.10 bits per heavy atom. The normalized spacial score (nSPS) is 40.5. The van der Waals surface area contributed by atoms with Gasteiger partial charge in [0.15, 0.2) is 0 Å². The molecule has 2 saturated heterocycles. The highest BCUT2D eigenvalue weighted by atomic mass is 15.5. The maximum absolute atomic E-state index is 5.53. The fourth-order valence-corrected chi connectivity index (χ4v) is 1.66. The third-order valence-electron chi connectivity index (χ3n) is 2.19. The van der Waals surface area contributed by atoms with Crippen LogP contribution in [-0.4, -0.2) is 54.5 Å². The molecule has 0 aromatic carbocycles. The number of nitrogens with two attached hydrogens (primary N) is 1. The van der Waals surface area contributed by atoms with Crippen molar-refractivity contribution in [2.75, 3.05) is 39.8 Å². The van der Waals surface area contributed by atoms with Gasteiger partial charge in [-0.05, 0) is 0 Å². The molecule has 2 aliphatic heterocycles. The third kappa shape index (κ3) is 1.03. The number of fused-ring (bicyclic) bond motifs is 2. The summed E-state index contributed by atoms with van der Waals surface area (Å²) in [6.45, 7) is 6.40. The Morgan fingerprint density at radius 2 is 1.60 bits per heavy atom. The first-order valence-electron chi connectivity index (χ1n) is 3.75. The average molecular weight is 142 g/mol. The summed E-state index contributed by atoms with van der Waals surface area (Å²) >= 11 is 0. The monoisotopic (exact) mass is 142 g/mol. The molecule has 0 aromatic rings. The topological polar surface area (TPSA) is 35.7 Å². The highest BCUT2D eigenvalue weighted by molar-refractivity contribution is 4.75. The van der Waals surface area contributed by atoms with Gasteiger partial charge in [0.05, 0.1) is 20.0 Å². The summed E-state index contributed by atoms with van der Waals surface area (Å²) in [4.78, 5) is 7.07. The lowest BCUT2D eigenvalue weighted by atomic mass is 10.6. The first-order chi connectivity index (χ1) is 4.88. The van der Waals surface area contributed by atoms with Crippen molar-refractivity contribution < 1.29 is 0 Å². The molecule has 2 fully saturated rings. The molecule has 0 radical (unpaired) electrons. The van der Waals surface area contributed by atoms with Crippen molar-refractivity contribution in [3.63, 3.8) is 0 Å². The van der Waals surface area contributed by atoms with Gasteiger partial charge in [-0.3, -0.25) is 14.7 Å². The predicted molar refractivity (Wildman–Crippen MR) is 38.9 cm³/mol. The molecule has 4 nitrogen and oxygen atoms in total. The summed E-state index contributed by atoms with van der Waals surface area (Å²) in [6, 6.07) is 0. The molecule has 2 bridgehead atoms. The molecular weight excluding hydrogens is 128 g/mol. The maximum Gasteiger partial charge on any atom is 0.0542 e. The van der Waals surface area contributed by atoms with Gasteiger partial charge in [-0.1, -0.05) is 0 Å². The average Bonchev–Trinajstić information content (AvgIpc) is 2.30. The molecule has 0 aromatic heterocycles. The van der Waals surface area contributed by atoms with E-state index in [-0.39, 0.29) is 0 Å². The zero-order valence-electron chi connectivity index (χ0n) is 6.16. The molecular formula is C6H14N4. The van der Waals surface area contributed by atoms with Crippen molar-refractivity contribution in [1.82, 2.24) is 14.7 Å². The van der Waals surface area contributed by atoms with Gasteiger partial charge in [0.25, 0.3) is 0 Å². The molecule has 2 N–H and O–H groups in total. The van der Waals surface area contributed by atoms with Gasteiger partial charge in [-0.15, -0.1) is 0 Å². The highest BCUT2D eigenvalue weighted by Gasteiger charge is 2.27. The van der Waals surface area contributed by atoms with Gasteiger partial charge in [-0.2, -0.15) is 0 Å². The lowest BCUT2D eigenvalue weighted by Crippen LogP contribution is -2.49. The van der Waals surface area contributed by atoms with Gasteiger partial charge in [-0.25, -0.2) is 0 Å². The number of hydrogen-bond donors (Lipinski definition) is 1. The molecule has 0 amide bonds. The molecule has 2 unspecified atom stereocenters. The first kappa shape index (κ1) is 6.54. The van der Waals surface area contributed by atoms with Crippen LogP contribution in [0, 0.1) is 0 Å². The molecule has 0 aliphatic carbocycles. The summed E-state index contributed by atoms with van der Waals surface area (Å²) in [7, 11) is 0. The van der Waals surface area contributed by atoms with E-state index >= 15 is 0 Å². The second-order valence-electron chi connectivity index (χ2n) is 3.07. The second-order valence-corrected chi connectivity index (χ2v) is 3.07. The molecule has 4 heteroatoms. The Kier molecular flexibility index (Phi) is 1.61. The van der Waals surface area contributed by atoms with E-state index in [2.05, 4.69) is 14.7 Å². The van der Waals surface area contributed by atoms with Crippen LogP contribution in [-0.2, 0) is 0 Å². The van der Waals surface area contributed by atoms with Gasteiger partial charge in [0.1, 0.15) is 0 Å². The fourth-order valence-electron chi connectivity index (χ4n) is 1.66. The van der Waals surface area contributed by atoms with Gasteiger partial charge >= 0.3 is 0 Å². The van der Waals surface area contributed by atoms with Crippen LogP contribution in [0.15, 0.2) is 0 Å². The van der Waals surface area contributed by atoms with Gasteiger partial charge in [0.2, 0.25) is 0 Å². The Morgan fingerprint density at radius 1 is 1.00 bits per heavy atom. The lowest BCUT2D eigenvalue weighted by Gasteiger charge is -2.33. The standard InChI is InChI=1S/C6H14N4/c7-3-10-5-8-1-2-9(4-8)6-10/h1-7H2. The van der Waals surface area contributed by atoms with Crippen LogP contribution in [0.25, 0.3) is 0 Å². The van der Waals surface area contributed by atoms with Crippen molar-refractivity contribution in [3.8, 4) is 0 Å². The molecule has 2 heterocycles. The van der Waals surface area contributed by atoms with E-state index in [1.54, 1.807) is 0 Å². The largest absolute Gasteiger partial charge is 0.318 e. The Labute approximate surface area is 61.2 Å². The highest BCUT2D eigenvalue weighted by Crippen LogP contribution is 2.11. The second kappa shape index (κ2) is 2.47. The summed E-state index contributed by atoms with van der Waals surface area (Å²) in [5.41, 5.74) is 5.53. The van der Waals surface area contributed by atoms with Crippen LogP contribution in [0.5, 0.6) is 0 Å². The van der Waals surface area contributed by atoms with Crippen LogP contribution in [0.4, 0.5) is 0 Å². The zero-order valence-corrected chi connectivity index (χ0v) is 6.16. The van der Waals surface area contributed by atoms with E-state index < -0.39 is 0 Å². The third-order valence-corrected chi connectivity index (χ3v) is 2.19. The van der Waals surface area contributed by atoms with Crippen LogP contribution in [0.2, 0.25) is 0 Å². The zero-order chi connectivity index (χ0) is 6.97. The number of rotatable bonds is 1. The van der Waals surface area contributed by atoms with Crippen LogP contribution in [0.3, 0.4) is 0 Å². The minimum Gasteiger partial charge on any atom is -0.318 e. The summed E-state index contributed by atoms with van der Waals surface area (Å²) in [5, 5.41) is 0. The van der Waals surface area contributed by atoms with E-state index in [4.69, 9.17) is 5.73 Å². The van der Waals surface area contributed by atoms with Crippen molar-refractivity contribution in [2.24, 2.45) is 5.73 Å². The SMILES string of the molecule is NCN1CN2CCN(C1)C2. The maximum atomic E-state index is 5.53. The summed E-state index contributed by atoms with van der Waals surface area (Å²) in [5.74, 6) is 0. The Bertz CT molecular complexity index is 115. The van der Waals surface area contributed by atoms with Crippen LogP contribution < -0.4 is 5.73 Å². The van der Waals surface area contributed by atoms with E-state index in [0.717, 1.165) is 20.0 Å². The lowest BCUT2D eigenvalue weighted by molar-refractivity contribution is 0.0361. The summed E-state index contributed by atoms with van der Waals surface area (Å²) < 4.78 is 0. The molecule has 2 atom stereocenters. The van der Waals surface area contributed by atoms with Crippen molar-refractivity contribution in [1.29, 1.82) is 0 Å². The number of nitrogens with zero attached hydrogens (tertiary/aromatic N) is 3. The van der Waals surface area contributed by atoms with E-state index in [1.165, 1.54) is 13.1 Å². The predicted octanol–water partition coefficient (Wildman–Crippen LogP) is -1.29. The van der Waals surface area contributed by atoms with Crippen molar-refractivity contribution >= 4 is 0 Å². The van der Waals surface area contributed by atoms with Gasteiger partial charge in [0, 0.05) is 19.8 Å². The molecule has 2 rings (SSSR count). The van der Waals surface area contributed by atoms with Crippen molar-refractivity contribution in [3.05, 3.63) is 0 Å². The minimum absolute atomic E-state index is 0.688. The molecule has 2 aliphatic rings. The first-order valence-corrected chi connectivity index (χ1v) is 3.75. The van der Waals surface area contributed by atoms with Gasteiger partial charge < -0.3 is 5.73 Å². The summed E-state index contributed by atoms with van der Waals surface area (Å²) in [6.07, 6.45) is 0. The molecule has 0 spiro atoms. The Balaban J connectivity index is 1.96. The number of hydrogen-bond acceptors (Lipinski definition) is 4. The molecule has 58 valence electrons. The minimum atomic E-state index is 0.688. The van der Waals surface area contributed by atoms with E-state index in [0.29, 0.717) is 6.67 Å². The van der Waals surface area contributed by atoms with Crippen LogP contribution >= 0.6 is 0 Å². The van der Waals surface area contributed by atoms with Crippen molar-refractivity contribution in [2.45, 2.75) is 0 Å². The van der Waals surface area contributed by atoms with E-state index in [9.17, 15) is 0 Å². The quantitative estimate of drug-likeness (QED) is 0.494. The fraction of sp³-hybridized carbons (Fsp3) is 1.00. The Hall–Kier alpha value is -0.160.